The molecule has 0 fully saturated rings. The number of methoxy groups -OCH3 is 1. The largest absolute Gasteiger partial charge is 0.485 e. The average molecular weight is 508 g/mol. The zero-order valence-corrected chi connectivity index (χ0v) is 23.1. The van der Waals surface area contributed by atoms with Crippen molar-refractivity contribution in [2.24, 2.45) is 5.92 Å². The van der Waals surface area contributed by atoms with Crippen LogP contribution in [0.25, 0.3) is 11.1 Å². The maximum atomic E-state index is 12.5. The van der Waals surface area contributed by atoms with Crippen LogP contribution in [0, 0.1) is 12.8 Å². The third-order valence-electron chi connectivity index (χ3n) is 6.10. The van der Waals surface area contributed by atoms with Gasteiger partial charge in [-0.15, -0.1) is 11.3 Å². The lowest BCUT2D eigenvalue weighted by atomic mass is 9.86. The molecule has 1 heterocycles. The molecule has 0 saturated heterocycles. The van der Waals surface area contributed by atoms with Gasteiger partial charge in [-0.3, -0.25) is 9.59 Å². The molecule has 192 valence electrons. The van der Waals surface area contributed by atoms with Gasteiger partial charge in [-0.2, -0.15) is 0 Å². The number of rotatable bonds is 9. The van der Waals surface area contributed by atoms with Crippen LogP contribution in [0.5, 0.6) is 5.75 Å². The lowest BCUT2D eigenvalue weighted by Crippen LogP contribution is -2.25. The summed E-state index contributed by atoms with van der Waals surface area (Å²) in [5, 5.41) is 2.77. The fraction of sp³-hybridized carbons (Fsp3) is 0.400. The van der Waals surface area contributed by atoms with Gasteiger partial charge in [0.1, 0.15) is 11.9 Å². The zero-order valence-electron chi connectivity index (χ0n) is 22.3. The van der Waals surface area contributed by atoms with E-state index >= 15 is 0 Å². The van der Waals surface area contributed by atoms with Crippen molar-refractivity contribution in [2.75, 3.05) is 13.7 Å². The molecule has 5 nitrogen and oxygen atoms in total. The van der Waals surface area contributed by atoms with Crippen LogP contribution in [0.15, 0.2) is 54.6 Å². The van der Waals surface area contributed by atoms with E-state index in [1.807, 2.05) is 18.2 Å². The normalized spacial score (nSPS) is 12.3. The molecule has 1 atom stereocenters. The number of carbonyl (C=O) groups is 2. The number of thiophene rings is 1. The minimum atomic E-state index is -0.348. The first-order valence-electron chi connectivity index (χ1n) is 12.3. The van der Waals surface area contributed by atoms with Crippen LogP contribution in [0.3, 0.4) is 0 Å². The van der Waals surface area contributed by atoms with Crippen molar-refractivity contribution in [1.29, 1.82) is 0 Å². The van der Waals surface area contributed by atoms with Gasteiger partial charge >= 0.3 is 5.97 Å². The molecule has 0 aliphatic heterocycles. The Morgan fingerprint density at radius 2 is 1.69 bits per heavy atom. The second-order valence-electron chi connectivity index (χ2n) is 10.4. The van der Waals surface area contributed by atoms with Gasteiger partial charge in [-0.25, -0.2) is 0 Å². The number of hydrogen-bond donors (Lipinski definition) is 1. The summed E-state index contributed by atoms with van der Waals surface area (Å²) in [6.07, 6.45) is -0.0307. The first-order valence-corrected chi connectivity index (χ1v) is 13.1. The number of hydrogen-bond acceptors (Lipinski definition) is 5. The second kappa shape index (κ2) is 11.7. The molecule has 2 aromatic carbocycles. The Kier molecular flexibility index (Phi) is 8.96. The summed E-state index contributed by atoms with van der Waals surface area (Å²) in [5.74, 6) is 0.469. The fourth-order valence-electron chi connectivity index (χ4n) is 3.95. The van der Waals surface area contributed by atoms with Gasteiger partial charge < -0.3 is 14.8 Å². The van der Waals surface area contributed by atoms with Crippen molar-refractivity contribution in [3.8, 4) is 16.9 Å². The van der Waals surface area contributed by atoms with E-state index in [-0.39, 0.29) is 42.3 Å². The predicted octanol–water partition coefficient (Wildman–Crippen LogP) is 7.09. The highest BCUT2D eigenvalue weighted by Crippen LogP contribution is 2.35. The molecule has 0 bridgehead atoms. The maximum Gasteiger partial charge on any atom is 0.307 e. The lowest BCUT2D eigenvalue weighted by molar-refractivity contribution is -0.140. The van der Waals surface area contributed by atoms with E-state index in [9.17, 15) is 9.59 Å². The van der Waals surface area contributed by atoms with Crippen LogP contribution >= 0.6 is 11.3 Å². The Labute approximate surface area is 218 Å². The molecule has 3 aromatic rings. The maximum absolute atomic E-state index is 12.5. The third kappa shape index (κ3) is 6.97. The van der Waals surface area contributed by atoms with E-state index in [1.165, 1.54) is 35.1 Å². The first-order chi connectivity index (χ1) is 17.0. The fourth-order valence-corrected chi connectivity index (χ4v) is 5.07. The van der Waals surface area contributed by atoms with Gasteiger partial charge in [-0.05, 0) is 64.8 Å². The highest BCUT2D eigenvalue weighted by atomic mass is 32.1. The van der Waals surface area contributed by atoms with Crippen LogP contribution in [0.2, 0.25) is 0 Å². The van der Waals surface area contributed by atoms with Crippen LogP contribution < -0.4 is 10.1 Å². The lowest BCUT2D eigenvalue weighted by Gasteiger charge is -2.22. The predicted molar refractivity (Wildman–Crippen MR) is 147 cm³/mol. The molecule has 1 aromatic heterocycles. The van der Waals surface area contributed by atoms with Gasteiger partial charge in [0.05, 0.1) is 18.4 Å². The summed E-state index contributed by atoms with van der Waals surface area (Å²) in [7, 11) is 1.33. The van der Waals surface area contributed by atoms with Crippen molar-refractivity contribution < 1.29 is 19.1 Å². The number of aryl methyl sites for hydroxylation is 1. The van der Waals surface area contributed by atoms with E-state index in [0.717, 1.165) is 16.2 Å². The smallest absolute Gasteiger partial charge is 0.307 e. The molecule has 0 aliphatic carbocycles. The summed E-state index contributed by atoms with van der Waals surface area (Å²) in [5.41, 5.74) is 4.97. The Bertz CT molecular complexity index is 1190. The number of carbonyl (C=O) groups excluding carboxylic acids is 2. The van der Waals surface area contributed by atoms with Gasteiger partial charge in [0.2, 0.25) is 0 Å². The summed E-state index contributed by atoms with van der Waals surface area (Å²) in [6.45, 7) is 13.2. The van der Waals surface area contributed by atoms with E-state index in [2.05, 4.69) is 88.0 Å². The van der Waals surface area contributed by atoms with Gasteiger partial charge in [0, 0.05) is 11.4 Å². The third-order valence-corrected chi connectivity index (χ3v) is 7.25. The Morgan fingerprint density at radius 1 is 1.00 bits per heavy atom. The molecule has 36 heavy (non-hydrogen) atoms. The average Bonchev–Trinajstić information content (AvgIpc) is 3.32. The number of esters is 1. The van der Waals surface area contributed by atoms with Crippen molar-refractivity contribution in [2.45, 2.75) is 59.5 Å². The molecule has 0 saturated carbocycles. The van der Waals surface area contributed by atoms with E-state index in [0.29, 0.717) is 4.88 Å². The standard InChI is InChI=1S/C30H37NO4S/c1-19(2)28(25-14-15-26(36-25)29(33)31-17-16-27(32)34-7)35-23-12-13-24(20(3)18-23)21-8-10-22(11-9-21)30(4,5)6/h8-15,18-19,28H,16-17H2,1-7H3,(H,31,33)/t28-/m1/s1. The number of amides is 1. The van der Waals surface area contributed by atoms with E-state index in [1.54, 1.807) is 0 Å². The van der Waals surface area contributed by atoms with Gasteiger partial charge in [0.15, 0.2) is 0 Å². The number of nitrogens with one attached hydrogen (secondary N) is 1. The minimum Gasteiger partial charge on any atom is -0.485 e. The van der Waals surface area contributed by atoms with Crippen molar-refractivity contribution in [3.05, 3.63) is 75.5 Å². The highest BCUT2D eigenvalue weighted by Gasteiger charge is 2.22. The first kappa shape index (κ1) is 27.5. The second-order valence-corrected chi connectivity index (χ2v) is 11.5. The van der Waals surface area contributed by atoms with Crippen molar-refractivity contribution >= 4 is 23.2 Å². The van der Waals surface area contributed by atoms with Crippen LogP contribution in [0.1, 0.15) is 72.8 Å². The monoisotopic (exact) mass is 507 g/mol. The van der Waals surface area contributed by atoms with E-state index < -0.39 is 0 Å². The summed E-state index contributed by atoms with van der Waals surface area (Å²) < 4.78 is 11.0. The number of ether oxygens (including phenoxy) is 2. The molecule has 1 amide bonds. The SMILES string of the molecule is COC(=O)CCNC(=O)c1ccc([C@H](Oc2ccc(-c3ccc(C(C)(C)C)cc3)c(C)c2)C(C)C)s1. The van der Waals surface area contributed by atoms with Crippen molar-refractivity contribution in [3.63, 3.8) is 0 Å². The molecular formula is C30H37NO4S. The van der Waals surface area contributed by atoms with Gasteiger partial charge in [0.25, 0.3) is 5.91 Å². The minimum absolute atomic E-state index is 0.128. The molecule has 0 radical (unpaired) electrons. The molecular weight excluding hydrogens is 470 g/mol. The summed E-state index contributed by atoms with van der Waals surface area (Å²) in [4.78, 5) is 25.3. The summed E-state index contributed by atoms with van der Waals surface area (Å²) in [6, 6.07) is 18.7. The van der Waals surface area contributed by atoms with E-state index in [4.69, 9.17) is 4.74 Å². The molecule has 6 heteroatoms. The van der Waals surface area contributed by atoms with Crippen LogP contribution in [-0.4, -0.2) is 25.5 Å². The summed E-state index contributed by atoms with van der Waals surface area (Å²) >= 11 is 1.42. The molecule has 0 spiro atoms. The molecule has 1 N–H and O–H groups in total. The Balaban J connectivity index is 1.72. The molecule has 3 rings (SSSR count). The van der Waals surface area contributed by atoms with Crippen LogP contribution in [-0.2, 0) is 14.9 Å². The van der Waals surface area contributed by atoms with Crippen molar-refractivity contribution in [1.82, 2.24) is 5.32 Å². The quantitative estimate of drug-likeness (QED) is 0.314. The molecule has 0 aliphatic rings. The Hall–Kier alpha value is -3.12. The highest BCUT2D eigenvalue weighted by molar-refractivity contribution is 7.14. The number of benzene rings is 2. The Morgan fingerprint density at radius 3 is 2.28 bits per heavy atom. The molecule has 0 unspecified atom stereocenters. The van der Waals surface area contributed by atoms with Crippen LogP contribution in [0.4, 0.5) is 0 Å². The van der Waals surface area contributed by atoms with Gasteiger partial charge in [-0.1, -0.05) is 65.0 Å². The topological polar surface area (TPSA) is 64.6 Å². The zero-order chi connectivity index (χ0) is 26.5.